The van der Waals surface area contributed by atoms with E-state index < -0.39 is 6.03 Å². The number of urea groups is 1. The average molecular weight is 204 g/mol. The van der Waals surface area contributed by atoms with Crippen molar-refractivity contribution < 1.29 is 4.79 Å². The first kappa shape index (κ1) is 10.0. The Labute approximate surface area is 89.7 Å². The zero-order chi connectivity index (χ0) is 10.7. The number of amides is 2. The number of rotatable bonds is 2. The highest BCUT2D eigenvalue weighted by Crippen LogP contribution is 2.34. The predicted molar refractivity (Wildman–Crippen MR) is 59.5 cm³/mol. The summed E-state index contributed by atoms with van der Waals surface area (Å²) in [5.74, 6) is 0.429. The van der Waals surface area contributed by atoms with Crippen molar-refractivity contribution in [1.29, 1.82) is 0 Å². The Kier molecular flexibility index (Phi) is 2.90. The lowest BCUT2D eigenvalue weighted by Crippen LogP contribution is -2.39. The van der Waals surface area contributed by atoms with E-state index in [0.29, 0.717) is 5.92 Å². The van der Waals surface area contributed by atoms with Gasteiger partial charge in [-0.15, -0.1) is 0 Å². The van der Waals surface area contributed by atoms with Crippen molar-refractivity contribution in [1.82, 2.24) is 5.32 Å². The Morgan fingerprint density at radius 3 is 2.67 bits per heavy atom. The first-order valence-corrected chi connectivity index (χ1v) is 5.38. The van der Waals surface area contributed by atoms with Crippen LogP contribution in [-0.2, 0) is 0 Å². The van der Waals surface area contributed by atoms with Gasteiger partial charge in [0, 0.05) is 12.0 Å². The zero-order valence-corrected chi connectivity index (χ0v) is 8.65. The second-order valence-electron chi connectivity index (χ2n) is 4.06. The number of hydrogen-bond acceptors (Lipinski definition) is 1. The molecule has 1 aromatic rings. The number of carbonyl (C=O) groups excluding carboxylic acids is 1. The molecule has 0 heterocycles. The fraction of sp³-hybridized carbons (Fsp3) is 0.417. The van der Waals surface area contributed by atoms with E-state index in [9.17, 15) is 4.79 Å². The molecule has 2 unspecified atom stereocenters. The summed E-state index contributed by atoms with van der Waals surface area (Å²) in [6.07, 6.45) is 3.32. The van der Waals surface area contributed by atoms with E-state index in [2.05, 4.69) is 17.4 Å². The van der Waals surface area contributed by atoms with Crippen LogP contribution in [0.1, 0.15) is 30.7 Å². The molecule has 2 atom stereocenters. The van der Waals surface area contributed by atoms with Gasteiger partial charge in [-0.05, 0) is 18.4 Å². The Balaban J connectivity index is 2.11. The highest BCUT2D eigenvalue weighted by atomic mass is 16.2. The van der Waals surface area contributed by atoms with Crippen molar-refractivity contribution in [2.45, 2.75) is 31.2 Å². The molecule has 2 rings (SSSR count). The molecule has 15 heavy (non-hydrogen) atoms. The summed E-state index contributed by atoms with van der Waals surface area (Å²) in [6.45, 7) is 0. The fourth-order valence-corrected chi connectivity index (χ4v) is 2.41. The van der Waals surface area contributed by atoms with Crippen LogP contribution >= 0.6 is 0 Å². The molecule has 0 spiro atoms. The van der Waals surface area contributed by atoms with E-state index in [1.807, 2.05) is 18.2 Å². The molecule has 0 bridgehead atoms. The van der Waals surface area contributed by atoms with Gasteiger partial charge >= 0.3 is 6.03 Å². The van der Waals surface area contributed by atoms with Gasteiger partial charge in [-0.3, -0.25) is 0 Å². The van der Waals surface area contributed by atoms with Gasteiger partial charge in [0.25, 0.3) is 0 Å². The minimum Gasteiger partial charge on any atom is -0.352 e. The van der Waals surface area contributed by atoms with Crippen LogP contribution in [0, 0.1) is 0 Å². The lowest BCUT2D eigenvalue weighted by atomic mass is 9.94. The van der Waals surface area contributed by atoms with E-state index in [0.717, 1.165) is 19.3 Å². The third kappa shape index (κ3) is 2.29. The largest absolute Gasteiger partial charge is 0.352 e. The molecular weight excluding hydrogens is 188 g/mol. The molecule has 80 valence electrons. The lowest BCUT2D eigenvalue weighted by Gasteiger charge is -2.20. The van der Waals surface area contributed by atoms with Crippen LogP contribution in [0.2, 0.25) is 0 Å². The zero-order valence-electron chi connectivity index (χ0n) is 8.65. The molecule has 1 aliphatic rings. The van der Waals surface area contributed by atoms with Gasteiger partial charge in [-0.25, -0.2) is 4.79 Å². The first-order chi connectivity index (χ1) is 7.27. The normalized spacial score (nSPS) is 25.1. The van der Waals surface area contributed by atoms with Crippen molar-refractivity contribution in [2.75, 3.05) is 0 Å². The third-order valence-corrected chi connectivity index (χ3v) is 3.07. The second-order valence-corrected chi connectivity index (χ2v) is 4.06. The Morgan fingerprint density at radius 2 is 2.00 bits per heavy atom. The maximum Gasteiger partial charge on any atom is 0.312 e. The van der Waals surface area contributed by atoms with Gasteiger partial charge in [0.15, 0.2) is 0 Å². The van der Waals surface area contributed by atoms with Gasteiger partial charge in [0.2, 0.25) is 0 Å². The molecular formula is C12H16N2O. The maximum absolute atomic E-state index is 10.8. The Hall–Kier alpha value is -1.51. The fourth-order valence-electron chi connectivity index (χ4n) is 2.41. The molecule has 0 aromatic heterocycles. The summed E-state index contributed by atoms with van der Waals surface area (Å²) in [5, 5.41) is 2.83. The second kappa shape index (κ2) is 4.34. The van der Waals surface area contributed by atoms with E-state index in [1.165, 1.54) is 5.56 Å². The molecule has 1 aromatic carbocycles. The summed E-state index contributed by atoms with van der Waals surface area (Å²) in [5.41, 5.74) is 6.46. The van der Waals surface area contributed by atoms with Crippen LogP contribution < -0.4 is 11.1 Å². The molecule has 1 fully saturated rings. The Bertz CT molecular complexity index is 337. The number of benzene rings is 1. The molecule has 0 radical (unpaired) electrons. The summed E-state index contributed by atoms with van der Waals surface area (Å²) in [7, 11) is 0. The number of nitrogens with one attached hydrogen (secondary N) is 1. The smallest absolute Gasteiger partial charge is 0.312 e. The van der Waals surface area contributed by atoms with Gasteiger partial charge < -0.3 is 11.1 Å². The third-order valence-electron chi connectivity index (χ3n) is 3.07. The van der Waals surface area contributed by atoms with E-state index in [1.54, 1.807) is 0 Å². The molecule has 2 amide bonds. The quantitative estimate of drug-likeness (QED) is 0.760. The van der Waals surface area contributed by atoms with Crippen LogP contribution in [0.5, 0.6) is 0 Å². The molecule has 3 nitrogen and oxygen atoms in total. The lowest BCUT2D eigenvalue weighted by molar-refractivity contribution is 0.244. The molecule has 3 heteroatoms. The summed E-state index contributed by atoms with van der Waals surface area (Å²) in [6, 6.07) is 10.1. The maximum atomic E-state index is 10.8. The van der Waals surface area contributed by atoms with Crippen LogP contribution in [0.3, 0.4) is 0 Å². The van der Waals surface area contributed by atoms with Gasteiger partial charge in [0.1, 0.15) is 0 Å². The molecule has 1 saturated carbocycles. The van der Waals surface area contributed by atoms with E-state index in [-0.39, 0.29) is 6.04 Å². The van der Waals surface area contributed by atoms with Crippen molar-refractivity contribution in [3.8, 4) is 0 Å². The topological polar surface area (TPSA) is 55.1 Å². The van der Waals surface area contributed by atoms with E-state index >= 15 is 0 Å². The van der Waals surface area contributed by atoms with Crippen molar-refractivity contribution in [3.63, 3.8) is 0 Å². The van der Waals surface area contributed by atoms with Crippen LogP contribution in [0.4, 0.5) is 4.79 Å². The highest BCUT2D eigenvalue weighted by molar-refractivity contribution is 5.72. The summed E-state index contributed by atoms with van der Waals surface area (Å²) < 4.78 is 0. The van der Waals surface area contributed by atoms with Crippen LogP contribution in [0.25, 0.3) is 0 Å². The summed E-state index contributed by atoms with van der Waals surface area (Å²) in [4.78, 5) is 10.8. The first-order valence-electron chi connectivity index (χ1n) is 5.38. The number of nitrogens with two attached hydrogens (primary N) is 1. The monoisotopic (exact) mass is 204 g/mol. The van der Waals surface area contributed by atoms with Gasteiger partial charge in [-0.1, -0.05) is 36.8 Å². The SMILES string of the molecule is NC(=O)NC1CCCC1c1ccccc1. The minimum atomic E-state index is -0.414. The molecule has 0 aliphatic heterocycles. The van der Waals surface area contributed by atoms with Crippen molar-refractivity contribution >= 4 is 6.03 Å². The standard InChI is InChI=1S/C12H16N2O/c13-12(15)14-11-8-4-7-10(11)9-5-2-1-3-6-9/h1-3,5-6,10-11H,4,7-8H2,(H3,13,14,15). The number of primary amides is 1. The number of carbonyl (C=O) groups is 1. The van der Waals surface area contributed by atoms with Crippen LogP contribution in [0.15, 0.2) is 30.3 Å². The molecule has 3 N–H and O–H groups in total. The van der Waals surface area contributed by atoms with Gasteiger partial charge in [0.05, 0.1) is 0 Å². The number of hydrogen-bond donors (Lipinski definition) is 2. The van der Waals surface area contributed by atoms with Crippen molar-refractivity contribution in [2.24, 2.45) is 5.73 Å². The summed E-state index contributed by atoms with van der Waals surface area (Å²) >= 11 is 0. The minimum absolute atomic E-state index is 0.213. The Morgan fingerprint density at radius 1 is 1.27 bits per heavy atom. The van der Waals surface area contributed by atoms with Crippen molar-refractivity contribution in [3.05, 3.63) is 35.9 Å². The predicted octanol–water partition coefficient (Wildman–Crippen LogP) is 1.99. The molecule has 1 aliphatic carbocycles. The average Bonchev–Trinajstić information content (AvgIpc) is 2.66. The van der Waals surface area contributed by atoms with Crippen LogP contribution in [-0.4, -0.2) is 12.1 Å². The van der Waals surface area contributed by atoms with Gasteiger partial charge in [-0.2, -0.15) is 0 Å². The van der Waals surface area contributed by atoms with E-state index in [4.69, 9.17) is 5.73 Å². The highest BCUT2D eigenvalue weighted by Gasteiger charge is 2.28. The molecule has 0 saturated heterocycles.